The van der Waals surface area contributed by atoms with Crippen molar-refractivity contribution in [3.63, 3.8) is 0 Å². The minimum atomic E-state index is -0.977. The van der Waals surface area contributed by atoms with E-state index in [9.17, 15) is 19.3 Å². The highest BCUT2D eigenvalue weighted by Crippen LogP contribution is 2.36. The monoisotopic (exact) mass is 360 g/mol. The molecule has 0 saturated carbocycles. The van der Waals surface area contributed by atoms with Gasteiger partial charge in [-0.15, -0.1) is 0 Å². The molecule has 4 nitrogen and oxygen atoms in total. The summed E-state index contributed by atoms with van der Waals surface area (Å²) in [5.74, 6) is -1.94. The van der Waals surface area contributed by atoms with Crippen molar-refractivity contribution in [1.29, 1.82) is 10.5 Å². The van der Waals surface area contributed by atoms with Crippen LogP contribution in [0.2, 0.25) is 0 Å². The van der Waals surface area contributed by atoms with Gasteiger partial charge in [-0.3, -0.25) is 0 Å². The van der Waals surface area contributed by atoms with Crippen LogP contribution in [0, 0.1) is 34.3 Å². The van der Waals surface area contributed by atoms with E-state index in [1.807, 2.05) is 30.3 Å². The van der Waals surface area contributed by atoms with Crippen LogP contribution in [0.3, 0.4) is 0 Å². The maximum absolute atomic E-state index is 14.9. The van der Waals surface area contributed by atoms with Gasteiger partial charge in [0.25, 0.3) is 0 Å². The molecule has 0 aliphatic heterocycles. The summed E-state index contributed by atoms with van der Waals surface area (Å²) in [7, 11) is 0. The molecule has 0 fully saturated rings. The molecule has 0 amide bonds. The molecule has 0 spiro atoms. The van der Waals surface area contributed by atoms with Gasteiger partial charge in [0.05, 0.1) is 5.69 Å². The number of benzene rings is 3. The lowest BCUT2D eigenvalue weighted by Crippen LogP contribution is -2.10. The first-order valence-electron chi connectivity index (χ1n) is 8.10. The Hall–Kier alpha value is -3.90. The Balaban J connectivity index is 2.09. The highest BCUT2D eigenvalue weighted by molar-refractivity contribution is 5.79. The Bertz CT molecular complexity index is 1040. The highest BCUT2D eigenvalue weighted by Gasteiger charge is 2.25. The molecule has 0 aromatic heterocycles. The quantitative estimate of drug-likeness (QED) is 0.667. The van der Waals surface area contributed by atoms with Gasteiger partial charge in [0.2, 0.25) is 0 Å². The molecule has 132 valence electrons. The molecule has 2 N–H and O–H groups in total. The first kappa shape index (κ1) is 17.9. The van der Waals surface area contributed by atoms with Gasteiger partial charge in [-0.25, -0.2) is 8.78 Å². The van der Waals surface area contributed by atoms with Crippen LogP contribution in [-0.2, 0) is 6.54 Å². The third-order valence-electron chi connectivity index (χ3n) is 3.96. The van der Waals surface area contributed by atoms with E-state index in [4.69, 9.17) is 0 Å². The van der Waals surface area contributed by atoms with Gasteiger partial charge in [-0.2, -0.15) is 10.5 Å². The normalized spacial score (nSPS) is 9.93. The molecular weight excluding hydrogens is 346 g/mol. The summed E-state index contributed by atoms with van der Waals surface area (Å²) in [5.41, 5.74) is -0.290. The van der Waals surface area contributed by atoms with E-state index in [1.54, 1.807) is 42.5 Å². The fourth-order valence-corrected chi connectivity index (χ4v) is 2.63. The Morgan fingerprint density at radius 3 is 1.81 bits per heavy atom. The van der Waals surface area contributed by atoms with Gasteiger partial charge in [0, 0.05) is 12.2 Å². The summed E-state index contributed by atoms with van der Waals surface area (Å²) < 4.78 is 29.9. The summed E-state index contributed by atoms with van der Waals surface area (Å²) >= 11 is 0. The van der Waals surface area contributed by atoms with Crippen LogP contribution in [0.1, 0.15) is 16.7 Å². The molecule has 6 heteroatoms. The van der Waals surface area contributed by atoms with Crippen LogP contribution in [-0.4, -0.2) is 0 Å². The highest BCUT2D eigenvalue weighted by atomic mass is 19.1. The maximum Gasteiger partial charge on any atom is 0.168 e. The first-order chi connectivity index (χ1) is 13.2. The molecule has 0 bridgehead atoms. The molecule has 0 heterocycles. The van der Waals surface area contributed by atoms with Gasteiger partial charge in [-0.1, -0.05) is 48.5 Å². The van der Waals surface area contributed by atoms with Gasteiger partial charge >= 0.3 is 0 Å². The number of hydrogen-bond donors (Lipinski definition) is 2. The van der Waals surface area contributed by atoms with Gasteiger partial charge in [0.15, 0.2) is 11.6 Å². The Labute approximate surface area is 155 Å². The molecule has 3 rings (SSSR count). The van der Waals surface area contributed by atoms with Crippen molar-refractivity contribution in [3.05, 3.63) is 89.0 Å². The van der Waals surface area contributed by atoms with E-state index in [1.165, 1.54) is 0 Å². The Morgan fingerprint density at radius 1 is 0.741 bits per heavy atom. The van der Waals surface area contributed by atoms with Crippen molar-refractivity contribution in [2.45, 2.75) is 6.54 Å². The van der Waals surface area contributed by atoms with Crippen molar-refractivity contribution in [3.8, 4) is 12.1 Å². The zero-order valence-electron chi connectivity index (χ0n) is 14.1. The fraction of sp³-hybridized carbons (Fsp3) is 0.0476. The lowest BCUT2D eigenvalue weighted by Gasteiger charge is -2.18. The number of nitrogens with one attached hydrogen (secondary N) is 2. The van der Waals surface area contributed by atoms with Gasteiger partial charge in [-0.05, 0) is 17.7 Å². The number of halogens is 2. The number of nitriles is 2. The van der Waals surface area contributed by atoms with E-state index >= 15 is 0 Å². The molecule has 0 aliphatic carbocycles. The molecule has 27 heavy (non-hydrogen) atoms. The molecule has 0 aliphatic rings. The third kappa shape index (κ3) is 3.70. The predicted molar refractivity (Wildman–Crippen MR) is 99.3 cm³/mol. The predicted octanol–water partition coefficient (Wildman–Crippen LogP) is 5.06. The second-order valence-corrected chi connectivity index (χ2v) is 5.68. The SMILES string of the molecule is N#Cc1c(F)c(NCc2ccccc2)c(Nc2ccccc2)c(F)c1C#N. The number of para-hydroxylation sites is 1. The van der Waals surface area contributed by atoms with Crippen LogP contribution in [0.5, 0.6) is 0 Å². The molecular formula is C21H14F2N4. The van der Waals surface area contributed by atoms with Crippen LogP contribution < -0.4 is 10.6 Å². The molecule has 3 aromatic rings. The Kier molecular flexibility index (Phi) is 5.30. The largest absolute Gasteiger partial charge is 0.377 e. The zero-order chi connectivity index (χ0) is 19.2. The van der Waals surface area contributed by atoms with Crippen LogP contribution in [0.15, 0.2) is 60.7 Å². The maximum atomic E-state index is 14.9. The molecule has 0 atom stereocenters. The summed E-state index contributed by atoms with van der Waals surface area (Å²) in [6.07, 6.45) is 0. The van der Waals surface area contributed by atoms with E-state index in [0.717, 1.165) is 5.56 Å². The summed E-state index contributed by atoms with van der Waals surface area (Å²) in [4.78, 5) is 0. The van der Waals surface area contributed by atoms with Crippen LogP contribution in [0.25, 0.3) is 0 Å². The molecule has 0 unspecified atom stereocenters. The van der Waals surface area contributed by atoms with Crippen molar-refractivity contribution in [1.82, 2.24) is 0 Å². The number of anilines is 3. The van der Waals surface area contributed by atoms with Crippen molar-refractivity contribution in [2.24, 2.45) is 0 Å². The van der Waals surface area contributed by atoms with Gasteiger partial charge < -0.3 is 10.6 Å². The van der Waals surface area contributed by atoms with Crippen molar-refractivity contribution >= 4 is 17.1 Å². The van der Waals surface area contributed by atoms with E-state index < -0.39 is 22.8 Å². The average Bonchev–Trinajstić information content (AvgIpc) is 2.71. The molecule has 3 aromatic carbocycles. The number of nitrogens with zero attached hydrogens (tertiary/aromatic N) is 2. The molecule has 0 saturated heterocycles. The van der Waals surface area contributed by atoms with Gasteiger partial charge in [0.1, 0.15) is 29.0 Å². The van der Waals surface area contributed by atoms with E-state index in [2.05, 4.69) is 10.6 Å². The number of hydrogen-bond acceptors (Lipinski definition) is 4. The minimum absolute atomic E-state index is 0.198. The van der Waals surface area contributed by atoms with E-state index in [0.29, 0.717) is 5.69 Å². The summed E-state index contributed by atoms with van der Waals surface area (Å²) in [5, 5.41) is 24.0. The second kappa shape index (κ2) is 7.99. The van der Waals surface area contributed by atoms with E-state index in [-0.39, 0.29) is 17.9 Å². The Morgan fingerprint density at radius 2 is 1.26 bits per heavy atom. The summed E-state index contributed by atoms with van der Waals surface area (Å²) in [6.45, 7) is 0.220. The molecule has 0 radical (unpaired) electrons. The standard InChI is InChI=1S/C21H14F2N4/c22-18-16(11-24)17(12-25)19(23)21(27-15-9-5-2-6-10-15)20(18)26-13-14-7-3-1-4-8-14/h1-10,26-27H,13H2. The minimum Gasteiger partial charge on any atom is -0.377 e. The fourth-order valence-electron chi connectivity index (χ4n) is 2.63. The number of rotatable bonds is 5. The van der Waals surface area contributed by atoms with Crippen molar-refractivity contribution < 1.29 is 8.78 Å². The first-order valence-corrected chi connectivity index (χ1v) is 8.10. The van der Waals surface area contributed by atoms with Crippen LogP contribution >= 0.6 is 0 Å². The lowest BCUT2D eigenvalue weighted by atomic mass is 10.0. The summed E-state index contributed by atoms with van der Waals surface area (Å²) in [6, 6.07) is 21.0. The average molecular weight is 360 g/mol. The zero-order valence-corrected chi connectivity index (χ0v) is 14.1. The van der Waals surface area contributed by atoms with Crippen molar-refractivity contribution in [2.75, 3.05) is 10.6 Å². The lowest BCUT2D eigenvalue weighted by molar-refractivity contribution is 0.599. The second-order valence-electron chi connectivity index (χ2n) is 5.68. The third-order valence-corrected chi connectivity index (χ3v) is 3.96. The smallest absolute Gasteiger partial charge is 0.168 e. The van der Waals surface area contributed by atoms with Crippen LogP contribution in [0.4, 0.5) is 25.8 Å². The topological polar surface area (TPSA) is 71.6 Å².